The van der Waals surface area contributed by atoms with Gasteiger partial charge in [-0.05, 0) is 30.3 Å². The molecule has 2 aromatic carbocycles. The SMILES string of the molecule is COc1c(Cl)ccc(Cl)c1C(=O)Nc1cc(C(F)(F)F)ccc1Cl. The first-order valence-electron chi connectivity index (χ1n) is 6.35. The van der Waals surface area contributed by atoms with Crippen LogP contribution in [0.5, 0.6) is 5.75 Å². The third-order valence-corrected chi connectivity index (χ3v) is 3.97. The Hall–Kier alpha value is -1.63. The molecule has 24 heavy (non-hydrogen) atoms. The van der Waals surface area contributed by atoms with E-state index in [1.165, 1.54) is 19.2 Å². The number of carbonyl (C=O) groups excluding carboxylic acids is 1. The van der Waals surface area contributed by atoms with Gasteiger partial charge in [-0.25, -0.2) is 0 Å². The molecule has 128 valence electrons. The van der Waals surface area contributed by atoms with Crippen molar-refractivity contribution in [3.63, 3.8) is 0 Å². The fourth-order valence-corrected chi connectivity index (χ4v) is 2.56. The molecule has 0 spiro atoms. The molecule has 1 amide bonds. The van der Waals surface area contributed by atoms with E-state index in [0.717, 1.165) is 18.2 Å². The first-order valence-corrected chi connectivity index (χ1v) is 7.48. The summed E-state index contributed by atoms with van der Waals surface area (Å²) >= 11 is 17.7. The second-order valence-corrected chi connectivity index (χ2v) is 5.81. The number of methoxy groups -OCH3 is 1. The van der Waals surface area contributed by atoms with Crippen LogP contribution in [0.3, 0.4) is 0 Å². The summed E-state index contributed by atoms with van der Waals surface area (Å²) in [5.41, 5.74) is -1.28. The van der Waals surface area contributed by atoms with Crippen molar-refractivity contribution in [2.24, 2.45) is 0 Å². The Morgan fingerprint density at radius 3 is 2.21 bits per heavy atom. The number of benzene rings is 2. The van der Waals surface area contributed by atoms with Gasteiger partial charge in [0.1, 0.15) is 5.56 Å². The van der Waals surface area contributed by atoms with Gasteiger partial charge in [0.05, 0.1) is 33.4 Å². The van der Waals surface area contributed by atoms with Crippen LogP contribution in [0.4, 0.5) is 18.9 Å². The van der Waals surface area contributed by atoms with Crippen molar-refractivity contribution in [2.75, 3.05) is 12.4 Å². The fourth-order valence-electron chi connectivity index (χ4n) is 1.93. The molecule has 0 unspecified atom stereocenters. The molecule has 0 fully saturated rings. The Morgan fingerprint density at radius 2 is 1.62 bits per heavy atom. The molecule has 0 aliphatic heterocycles. The van der Waals surface area contributed by atoms with Gasteiger partial charge in [0.15, 0.2) is 5.75 Å². The van der Waals surface area contributed by atoms with Crippen molar-refractivity contribution >= 4 is 46.4 Å². The van der Waals surface area contributed by atoms with Crippen LogP contribution in [-0.2, 0) is 6.18 Å². The number of rotatable bonds is 3. The number of ether oxygens (including phenoxy) is 1. The molecule has 1 N–H and O–H groups in total. The molecule has 9 heteroatoms. The van der Waals surface area contributed by atoms with Crippen molar-refractivity contribution in [3.8, 4) is 5.75 Å². The monoisotopic (exact) mass is 397 g/mol. The quantitative estimate of drug-likeness (QED) is 0.696. The van der Waals surface area contributed by atoms with Crippen LogP contribution in [-0.4, -0.2) is 13.0 Å². The number of anilines is 1. The van der Waals surface area contributed by atoms with E-state index in [-0.39, 0.29) is 32.1 Å². The van der Waals surface area contributed by atoms with E-state index in [1.54, 1.807) is 0 Å². The van der Waals surface area contributed by atoms with Crippen molar-refractivity contribution in [2.45, 2.75) is 6.18 Å². The van der Waals surface area contributed by atoms with E-state index < -0.39 is 17.6 Å². The van der Waals surface area contributed by atoms with Crippen LogP contribution in [0.15, 0.2) is 30.3 Å². The molecule has 0 aromatic heterocycles. The summed E-state index contributed by atoms with van der Waals surface area (Å²) in [6.45, 7) is 0. The number of carbonyl (C=O) groups is 1. The van der Waals surface area contributed by atoms with Gasteiger partial charge in [-0.1, -0.05) is 34.8 Å². The fraction of sp³-hybridized carbons (Fsp3) is 0.133. The van der Waals surface area contributed by atoms with Gasteiger partial charge in [-0.3, -0.25) is 4.79 Å². The zero-order valence-electron chi connectivity index (χ0n) is 12.0. The lowest BCUT2D eigenvalue weighted by atomic mass is 10.1. The summed E-state index contributed by atoms with van der Waals surface area (Å²) in [5, 5.41) is 2.38. The van der Waals surface area contributed by atoms with Crippen LogP contribution in [0.25, 0.3) is 0 Å². The predicted molar refractivity (Wildman–Crippen MR) is 87.4 cm³/mol. The minimum atomic E-state index is -4.57. The summed E-state index contributed by atoms with van der Waals surface area (Å²) in [6.07, 6.45) is -4.57. The maximum absolute atomic E-state index is 12.8. The highest BCUT2D eigenvalue weighted by Gasteiger charge is 2.31. The summed E-state index contributed by atoms with van der Waals surface area (Å²) in [4.78, 5) is 12.4. The third kappa shape index (κ3) is 3.88. The minimum absolute atomic E-state index is 0.00441. The van der Waals surface area contributed by atoms with Crippen LogP contribution in [0, 0.1) is 0 Å². The van der Waals surface area contributed by atoms with Crippen molar-refractivity contribution in [1.29, 1.82) is 0 Å². The lowest BCUT2D eigenvalue weighted by molar-refractivity contribution is -0.137. The Labute approximate surface area is 150 Å². The van der Waals surface area contributed by atoms with Crippen molar-refractivity contribution in [1.82, 2.24) is 0 Å². The number of halogens is 6. The topological polar surface area (TPSA) is 38.3 Å². The molecule has 0 saturated heterocycles. The molecular formula is C15H9Cl3F3NO2. The molecule has 0 aliphatic carbocycles. The Kier molecular flexibility index (Phi) is 5.52. The molecule has 0 saturated carbocycles. The maximum Gasteiger partial charge on any atom is 0.416 e. The summed E-state index contributed by atoms with van der Waals surface area (Å²) in [7, 11) is 1.28. The Morgan fingerprint density at radius 1 is 1.04 bits per heavy atom. The Bertz CT molecular complexity index is 794. The van der Waals surface area contributed by atoms with Crippen molar-refractivity contribution in [3.05, 3.63) is 56.5 Å². The largest absolute Gasteiger partial charge is 0.494 e. The van der Waals surface area contributed by atoms with Gasteiger partial charge in [0.2, 0.25) is 0 Å². The highest BCUT2D eigenvalue weighted by molar-refractivity contribution is 6.38. The number of nitrogens with one attached hydrogen (secondary N) is 1. The molecule has 2 rings (SSSR count). The van der Waals surface area contributed by atoms with E-state index >= 15 is 0 Å². The first-order chi connectivity index (χ1) is 11.1. The lowest BCUT2D eigenvalue weighted by Crippen LogP contribution is -2.15. The molecule has 2 aromatic rings. The molecule has 3 nitrogen and oxygen atoms in total. The highest BCUT2D eigenvalue weighted by Crippen LogP contribution is 2.36. The summed E-state index contributed by atoms with van der Waals surface area (Å²) < 4.78 is 43.4. The van der Waals surface area contributed by atoms with E-state index in [0.29, 0.717) is 0 Å². The number of alkyl halides is 3. The zero-order chi connectivity index (χ0) is 18.1. The van der Waals surface area contributed by atoms with Gasteiger partial charge in [-0.15, -0.1) is 0 Å². The van der Waals surface area contributed by atoms with Gasteiger partial charge < -0.3 is 10.1 Å². The number of hydrogen-bond donors (Lipinski definition) is 1. The molecule has 0 atom stereocenters. The average Bonchev–Trinajstić information content (AvgIpc) is 2.50. The average molecular weight is 399 g/mol. The lowest BCUT2D eigenvalue weighted by Gasteiger charge is -2.14. The third-order valence-electron chi connectivity index (χ3n) is 3.03. The number of hydrogen-bond acceptors (Lipinski definition) is 2. The highest BCUT2D eigenvalue weighted by atomic mass is 35.5. The van der Waals surface area contributed by atoms with Gasteiger partial charge in [0.25, 0.3) is 5.91 Å². The Balaban J connectivity index is 2.43. The van der Waals surface area contributed by atoms with Crippen LogP contribution in [0.2, 0.25) is 15.1 Å². The van der Waals surface area contributed by atoms with Gasteiger partial charge >= 0.3 is 6.18 Å². The van der Waals surface area contributed by atoms with E-state index in [9.17, 15) is 18.0 Å². The van der Waals surface area contributed by atoms with Gasteiger partial charge in [-0.2, -0.15) is 13.2 Å². The molecule has 0 aliphatic rings. The summed E-state index contributed by atoms with van der Waals surface area (Å²) in [6, 6.07) is 5.37. The van der Waals surface area contributed by atoms with E-state index in [1.807, 2.05) is 0 Å². The minimum Gasteiger partial charge on any atom is -0.494 e. The second-order valence-electron chi connectivity index (χ2n) is 4.58. The van der Waals surface area contributed by atoms with Gasteiger partial charge in [0, 0.05) is 0 Å². The molecule has 0 radical (unpaired) electrons. The normalized spacial score (nSPS) is 11.3. The molecule has 0 heterocycles. The zero-order valence-corrected chi connectivity index (χ0v) is 14.2. The van der Waals surface area contributed by atoms with Crippen LogP contribution >= 0.6 is 34.8 Å². The first kappa shape index (κ1) is 18.7. The van der Waals surface area contributed by atoms with Crippen molar-refractivity contribution < 1.29 is 22.7 Å². The molecular weight excluding hydrogens is 390 g/mol. The summed E-state index contributed by atoms with van der Waals surface area (Å²) in [5.74, 6) is -0.801. The van der Waals surface area contributed by atoms with Crippen LogP contribution < -0.4 is 10.1 Å². The smallest absolute Gasteiger partial charge is 0.416 e. The maximum atomic E-state index is 12.8. The molecule has 0 bridgehead atoms. The van der Waals surface area contributed by atoms with Crippen LogP contribution in [0.1, 0.15) is 15.9 Å². The van der Waals surface area contributed by atoms with E-state index in [2.05, 4.69) is 5.32 Å². The second kappa shape index (κ2) is 7.09. The van der Waals surface area contributed by atoms with E-state index in [4.69, 9.17) is 39.5 Å². The number of amides is 1. The standard InChI is InChI=1S/C15H9Cl3F3NO2/c1-24-13-10(18)5-4-9(17)12(13)14(23)22-11-6-7(15(19,20)21)2-3-8(11)16/h2-6H,1H3,(H,22,23). The predicted octanol–water partition coefficient (Wildman–Crippen LogP) is 5.93.